The quantitative estimate of drug-likeness (QED) is 0.941. The van der Waals surface area contributed by atoms with Crippen molar-refractivity contribution in [3.8, 4) is 0 Å². The Labute approximate surface area is 133 Å². The summed E-state index contributed by atoms with van der Waals surface area (Å²) in [6.07, 6.45) is -0.921. The largest absolute Gasteiger partial charge is 0.444 e. The van der Waals surface area contributed by atoms with Gasteiger partial charge in [-0.05, 0) is 23.8 Å². The number of amides is 2. The number of cyclic esters (lactones) is 1. The molecular formula is C17H16N2O4. The Morgan fingerprint density at radius 2 is 2.04 bits per heavy atom. The zero-order valence-corrected chi connectivity index (χ0v) is 12.6. The Hall–Kier alpha value is -3.02. The van der Waals surface area contributed by atoms with E-state index in [-0.39, 0.29) is 13.2 Å². The lowest BCUT2D eigenvalue weighted by Crippen LogP contribution is -2.27. The Balaban J connectivity index is 1.66. The summed E-state index contributed by atoms with van der Waals surface area (Å²) in [5, 5.41) is 2.61. The van der Waals surface area contributed by atoms with Gasteiger partial charge in [0.05, 0.1) is 5.69 Å². The van der Waals surface area contributed by atoms with Gasteiger partial charge in [0.25, 0.3) is 0 Å². The molecule has 23 heavy (non-hydrogen) atoms. The number of nitrogens with zero attached hydrogens (tertiary/aromatic N) is 1. The summed E-state index contributed by atoms with van der Waals surface area (Å²) >= 11 is 0. The van der Waals surface area contributed by atoms with Crippen molar-refractivity contribution >= 4 is 23.6 Å². The SMILES string of the molecule is CN(C(=O)OCc1ccccc1)c1ccc2c(c1)COC(=O)N2. The van der Waals surface area contributed by atoms with Gasteiger partial charge in [-0.1, -0.05) is 30.3 Å². The molecule has 0 radical (unpaired) electrons. The Morgan fingerprint density at radius 3 is 2.83 bits per heavy atom. The van der Waals surface area contributed by atoms with Crippen LogP contribution in [0.4, 0.5) is 21.0 Å². The highest BCUT2D eigenvalue weighted by Crippen LogP contribution is 2.26. The van der Waals surface area contributed by atoms with Crippen LogP contribution in [0.3, 0.4) is 0 Å². The number of hydrogen-bond donors (Lipinski definition) is 1. The van der Waals surface area contributed by atoms with Crippen LogP contribution in [0.2, 0.25) is 0 Å². The summed E-state index contributed by atoms with van der Waals surface area (Å²) in [4.78, 5) is 24.7. The number of carbonyl (C=O) groups excluding carboxylic acids is 2. The van der Waals surface area contributed by atoms with Crippen LogP contribution in [-0.2, 0) is 22.7 Å². The van der Waals surface area contributed by atoms with Crippen molar-refractivity contribution in [3.05, 3.63) is 59.7 Å². The van der Waals surface area contributed by atoms with E-state index in [2.05, 4.69) is 5.32 Å². The molecule has 1 aliphatic rings. The predicted octanol–water partition coefficient (Wildman–Crippen LogP) is 3.52. The molecule has 0 fully saturated rings. The standard InChI is InChI=1S/C17H16N2O4/c1-19(17(21)23-10-12-5-3-2-4-6-12)14-7-8-15-13(9-14)11-22-16(20)18-15/h2-9H,10-11H2,1H3,(H,18,20). The molecule has 6 heteroatoms. The van der Waals surface area contributed by atoms with Gasteiger partial charge in [0.1, 0.15) is 13.2 Å². The molecular weight excluding hydrogens is 296 g/mol. The third-order valence-corrected chi connectivity index (χ3v) is 3.55. The molecule has 1 heterocycles. The number of nitrogens with one attached hydrogen (secondary N) is 1. The first-order valence-electron chi connectivity index (χ1n) is 7.14. The van der Waals surface area contributed by atoms with Crippen LogP contribution in [0, 0.1) is 0 Å². The second-order valence-corrected chi connectivity index (χ2v) is 5.14. The summed E-state index contributed by atoms with van der Waals surface area (Å²) in [6.45, 7) is 0.399. The van der Waals surface area contributed by atoms with Crippen LogP contribution in [0.5, 0.6) is 0 Å². The van der Waals surface area contributed by atoms with Gasteiger partial charge in [0.15, 0.2) is 0 Å². The highest BCUT2D eigenvalue weighted by atomic mass is 16.6. The molecule has 6 nitrogen and oxygen atoms in total. The average Bonchev–Trinajstić information content (AvgIpc) is 2.59. The van der Waals surface area contributed by atoms with E-state index in [0.717, 1.165) is 11.1 Å². The van der Waals surface area contributed by atoms with E-state index in [0.29, 0.717) is 11.4 Å². The Morgan fingerprint density at radius 1 is 1.26 bits per heavy atom. The van der Waals surface area contributed by atoms with E-state index >= 15 is 0 Å². The first kappa shape index (κ1) is 14.9. The van der Waals surface area contributed by atoms with Crippen LogP contribution >= 0.6 is 0 Å². The molecule has 0 spiro atoms. The molecule has 2 aromatic rings. The van der Waals surface area contributed by atoms with Crippen molar-refractivity contribution in [2.24, 2.45) is 0 Å². The first-order valence-corrected chi connectivity index (χ1v) is 7.14. The fourth-order valence-electron chi connectivity index (χ4n) is 2.24. The number of rotatable bonds is 3. The third kappa shape index (κ3) is 3.42. The maximum atomic E-state index is 12.1. The number of hydrogen-bond acceptors (Lipinski definition) is 4. The summed E-state index contributed by atoms with van der Waals surface area (Å²) in [6, 6.07) is 14.8. The molecule has 118 valence electrons. The van der Waals surface area contributed by atoms with Crippen molar-refractivity contribution < 1.29 is 19.1 Å². The Kier molecular flexibility index (Phi) is 4.14. The lowest BCUT2D eigenvalue weighted by molar-refractivity contribution is 0.148. The Bertz CT molecular complexity index is 731. The molecule has 0 aromatic heterocycles. The van der Waals surface area contributed by atoms with Gasteiger partial charge in [0.2, 0.25) is 0 Å². The lowest BCUT2D eigenvalue weighted by Gasteiger charge is -2.21. The van der Waals surface area contributed by atoms with Crippen LogP contribution < -0.4 is 10.2 Å². The molecule has 0 atom stereocenters. The molecule has 0 saturated carbocycles. The molecule has 1 aliphatic heterocycles. The average molecular weight is 312 g/mol. The van der Waals surface area contributed by atoms with Gasteiger partial charge in [-0.25, -0.2) is 9.59 Å². The topological polar surface area (TPSA) is 67.9 Å². The smallest absolute Gasteiger partial charge is 0.414 e. The van der Waals surface area contributed by atoms with E-state index in [4.69, 9.17) is 9.47 Å². The van der Waals surface area contributed by atoms with Gasteiger partial charge >= 0.3 is 12.2 Å². The molecule has 3 rings (SSSR count). The van der Waals surface area contributed by atoms with Crippen molar-refractivity contribution in [2.75, 3.05) is 17.3 Å². The van der Waals surface area contributed by atoms with Crippen molar-refractivity contribution in [3.63, 3.8) is 0 Å². The first-order chi connectivity index (χ1) is 11.1. The maximum Gasteiger partial charge on any atom is 0.414 e. The minimum Gasteiger partial charge on any atom is -0.444 e. The van der Waals surface area contributed by atoms with Gasteiger partial charge in [-0.3, -0.25) is 10.2 Å². The molecule has 1 N–H and O–H groups in total. The van der Waals surface area contributed by atoms with Gasteiger partial charge in [0, 0.05) is 18.3 Å². The van der Waals surface area contributed by atoms with Crippen LogP contribution in [-0.4, -0.2) is 19.2 Å². The number of ether oxygens (including phenoxy) is 2. The highest BCUT2D eigenvalue weighted by molar-refractivity contribution is 5.90. The zero-order chi connectivity index (χ0) is 16.2. The minimum atomic E-state index is -0.471. The molecule has 0 saturated heterocycles. The lowest BCUT2D eigenvalue weighted by atomic mass is 10.1. The summed E-state index contributed by atoms with van der Waals surface area (Å²) in [7, 11) is 1.64. The van der Waals surface area contributed by atoms with E-state index in [9.17, 15) is 9.59 Å². The highest BCUT2D eigenvalue weighted by Gasteiger charge is 2.19. The van der Waals surface area contributed by atoms with E-state index in [1.54, 1.807) is 25.2 Å². The minimum absolute atomic E-state index is 0.182. The summed E-state index contributed by atoms with van der Waals surface area (Å²) in [5.74, 6) is 0. The van der Waals surface area contributed by atoms with E-state index < -0.39 is 12.2 Å². The molecule has 0 bridgehead atoms. The molecule has 0 aliphatic carbocycles. The van der Waals surface area contributed by atoms with Crippen molar-refractivity contribution in [1.82, 2.24) is 0 Å². The molecule has 0 unspecified atom stereocenters. The zero-order valence-electron chi connectivity index (χ0n) is 12.6. The third-order valence-electron chi connectivity index (χ3n) is 3.55. The fourth-order valence-corrected chi connectivity index (χ4v) is 2.24. The molecule has 2 aromatic carbocycles. The van der Waals surface area contributed by atoms with Gasteiger partial charge < -0.3 is 9.47 Å². The second kappa shape index (κ2) is 6.39. The number of benzene rings is 2. The van der Waals surface area contributed by atoms with Crippen LogP contribution in [0.15, 0.2) is 48.5 Å². The monoisotopic (exact) mass is 312 g/mol. The summed E-state index contributed by atoms with van der Waals surface area (Å²) < 4.78 is 10.2. The van der Waals surface area contributed by atoms with E-state index in [1.165, 1.54) is 4.90 Å². The van der Waals surface area contributed by atoms with E-state index in [1.807, 2.05) is 30.3 Å². The number of fused-ring (bicyclic) bond motifs is 1. The second-order valence-electron chi connectivity index (χ2n) is 5.14. The number of anilines is 2. The fraction of sp³-hybridized carbons (Fsp3) is 0.176. The number of carbonyl (C=O) groups is 2. The van der Waals surface area contributed by atoms with Crippen LogP contribution in [0.25, 0.3) is 0 Å². The summed E-state index contributed by atoms with van der Waals surface area (Å²) in [5.41, 5.74) is 3.10. The van der Waals surface area contributed by atoms with Crippen LogP contribution in [0.1, 0.15) is 11.1 Å². The normalized spacial score (nSPS) is 12.7. The van der Waals surface area contributed by atoms with Crippen molar-refractivity contribution in [1.29, 1.82) is 0 Å². The van der Waals surface area contributed by atoms with Crippen molar-refractivity contribution in [2.45, 2.75) is 13.2 Å². The molecule has 2 amide bonds. The maximum absolute atomic E-state index is 12.1. The van der Waals surface area contributed by atoms with Gasteiger partial charge in [-0.15, -0.1) is 0 Å². The van der Waals surface area contributed by atoms with Gasteiger partial charge in [-0.2, -0.15) is 0 Å². The predicted molar refractivity (Wildman–Crippen MR) is 85.3 cm³/mol.